The lowest BCUT2D eigenvalue weighted by atomic mass is 10.2. The fraction of sp³-hybridized carbons (Fsp3) is 0.455. The van der Waals surface area contributed by atoms with E-state index in [1.54, 1.807) is 0 Å². The lowest BCUT2D eigenvalue weighted by molar-refractivity contribution is 0.818. The molecule has 1 aromatic rings. The summed E-state index contributed by atoms with van der Waals surface area (Å²) in [6.07, 6.45) is 0.944. The van der Waals surface area contributed by atoms with E-state index in [0.717, 1.165) is 26.1 Å². The van der Waals surface area contributed by atoms with E-state index >= 15 is 0 Å². The highest BCUT2D eigenvalue weighted by molar-refractivity contribution is 5.13. The van der Waals surface area contributed by atoms with Crippen LogP contribution >= 0.6 is 0 Å². The molecule has 3 nitrogen and oxygen atoms in total. The molecule has 1 rings (SSSR count). The predicted octanol–water partition coefficient (Wildman–Crippen LogP) is 0.700. The van der Waals surface area contributed by atoms with Crippen molar-refractivity contribution >= 4 is 0 Å². The van der Waals surface area contributed by atoms with Gasteiger partial charge in [-0.3, -0.25) is 0 Å². The first kappa shape index (κ1) is 13.1. The molecule has 0 saturated carbocycles. The van der Waals surface area contributed by atoms with E-state index in [4.69, 9.17) is 11.5 Å². The molecule has 0 saturated heterocycles. The monoisotopic (exact) mass is 195 g/mol. The van der Waals surface area contributed by atoms with Gasteiger partial charge in [0.2, 0.25) is 0 Å². The third-order valence-corrected chi connectivity index (χ3v) is 1.63. The molecule has 0 amide bonds. The molecule has 3 heteroatoms. The molecule has 0 aliphatic rings. The third-order valence-electron chi connectivity index (χ3n) is 1.63. The molecule has 0 bridgehead atoms. The summed E-state index contributed by atoms with van der Waals surface area (Å²) >= 11 is 0. The highest BCUT2D eigenvalue weighted by atomic mass is 14.8. The Morgan fingerprint density at radius 3 is 2.00 bits per heavy atom. The van der Waals surface area contributed by atoms with E-state index in [2.05, 4.69) is 17.4 Å². The van der Waals surface area contributed by atoms with Crippen LogP contribution in [0.5, 0.6) is 0 Å². The highest BCUT2D eigenvalue weighted by Crippen LogP contribution is 1.95. The first-order valence-electron chi connectivity index (χ1n) is 4.93. The fourth-order valence-corrected chi connectivity index (χ4v) is 0.918. The van der Waals surface area contributed by atoms with Gasteiger partial charge in [0.15, 0.2) is 0 Å². The Kier molecular flexibility index (Phi) is 9.53. The summed E-state index contributed by atoms with van der Waals surface area (Å²) in [5.74, 6) is 0. The maximum Gasteiger partial charge on any atom is 0.0202 e. The van der Waals surface area contributed by atoms with Crippen LogP contribution in [-0.4, -0.2) is 20.1 Å². The normalized spacial score (nSPS) is 9.07. The topological polar surface area (TPSA) is 64.1 Å². The summed E-state index contributed by atoms with van der Waals surface area (Å²) in [5, 5.41) is 3.08. The van der Waals surface area contributed by atoms with Crippen LogP contribution in [0.1, 0.15) is 12.0 Å². The summed E-state index contributed by atoms with van der Waals surface area (Å²) in [6.45, 7) is 2.40. The second-order valence-corrected chi connectivity index (χ2v) is 2.95. The minimum atomic E-state index is 0.719. The summed E-state index contributed by atoms with van der Waals surface area (Å²) in [5.41, 5.74) is 11.5. The number of hydrogen-bond acceptors (Lipinski definition) is 3. The summed E-state index contributed by atoms with van der Waals surface area (Å²) in [4.78, 5) is 0. The van der Waals surface area contributed by atoms with Crippen LogP contribution in [0.25, 0.3) is 0 Å². The van der Waals surface area contributed by atoms with Crippen molar-refractivity contribution in [3.63, 3.8) is 0 Å². The Morgan fingerprint density at radius 2 is 1.64 bits per heavy atom. The summed E-state index contributed by atoms with van der Waals surface area (Å²) < 4.78 is 0. The molecule has 0 aliphatic carbocycles. The van der Waals surface area contributed by atoms with Crippen LogP contribution in [0.2, 0.25) is 0 Å². The SMILES string of the molecule is CNCc1ccccc1.NCCCN. The number of hydrogen-bond donors (Lipinski definition) is 3. The molecule has 0 radical (unpaired) electrons. The van der Waals surface area contributed by atoms with Crippen molar-refractivity contribution in [3.05, 3.63) is 35.9 Å². The van der Waals surface area contributed by atoms with Gasteiger partial charge in [0, 0.05) is 6.54 Å². The quantitative estimate of drug-likeness (QED) is 0.662. The van der Waals surface area contributed by atoms with Crippen LogP contribution in [0.4, 0.5) is 0 Å². The maximum atomic E-state index is 5.06. The molecule has 0 spiro atoms. The van der Waals surface area contributed by atoms with Crippen molar-refractivity contribution in [3.8, 4) is 0 Å². The average molecular weight is 195 g/mol. The number of nitrogens with one attached hydrogen (secondary N) is 1. The standard InChI is InChI=1S/C8H11N.C3H10N2/c1-9-7-8-5-3-2-4-6-8;4-2-1-3-5/h2-6,9H,7H2,1H3;1-5H2. The number of nitrogens with two attached hydrogens (primary N) is 2. The zero-order chi connectivity index (χ0) is 10.6. The van der Waals surface area contributed by atoms with Gasteiger partial charge < -0.3 is 16.8 Å². The van der Waals surface area contributed by atoms with Crippen LogP contribution in [0.15, 0.2) is 30.3 Å². The fourth-order valence-electron chi connectivity index (χ4n) is 0.918. The first-order chi connectivity index (χ1) is 6.85. The van der Waals surface area contributed by atoms with Gasteiger partial charge in [0.05, 0.1) is 0 Å². The van der Waals surface area contributed by atoms with Gasteiger partial charge in [0.25, 0.3) is 0 Å². The average Bonchev–Trinajstić information content (AvgIpc) is 2.22. The van der Waals surface area contributed by atoms with Gasteiger partial charge in [-0.2, -0.15) is 0 Å². The van der Waals surface area contributed by atoms with E-state index in [9.17, 15) is 0 Å². The maximum absolute atomic E-state index is 5.06. The molecule has 0 fully saturated rings. The molecule has 0 aliphatic heterocycles. The van der Waals surface area contributed by atoms with Crippen molar-refractivity contribution < 1.29 is 0 Å². The zero-order valence-electron chi connectivity index (χ0n) is 8.87. The molecular formula is C11H21N3. The molecule has 5 N–H and O–H groups in total. The van der Waals surface area contributed by atoms with Gasteiger partial charge in [-0.1, -0.05) is 30.3 Å². The van der Waals surface area contributed by atoms with Crippen LogP contribution < -0.4 is 16.8 Å². The van der Waals surface area contributed by atoms with Gasteiger partial charge in [-0.15, -0.1) is 0 Å². The lowest BCUT2D eigenvalue weighted by Crippen LogP contribution is -2.06. The number of benzene rings is 1. The van der Waals surface area contributed by atoms with Crippen molar-refractivity contribution in [1.82, 2.24) is 5.32 Å². The second-order valence-electron chi connectivity index (χ2n) is 2.95. The van der Waals surface area contributed by atoms with E-state index in [1.165, 1.54) is 5.56 Å². The van der Waals surface area contributed by atoms with Crippen LogP contribution in [-0.2, 0) is 6.54 Å². The second kappa shape index (κ2) is 10.2. The number of rotatable bonds is 4. The van der Waals surface area contributed by atoms with Crippen LogP contribution in [0.3, 0.4) is 0 Å². The molecule has 0 aromatic heterocycles. The summed E-state index contributed by atoms with van der Waals surface area (Å²) in [7, 11) is 1.95. The van der Waals surface area contributed by atoms with Gasteiger partial charge in [-0.25, -0.2) is 0 Å². The molecule has 0 heterocycles. The summed E-state index contributed by atoms with van der Waals surface area (Å²) in [6, 6.07) is 10.3. The Labute approximate surface area is 86.5 Å². The minimum absolute atomic E-state index is 0.719. The lowest BCUT2D eigenvalue weighted by Gasteiger charge is -1.95. The molecule has 14 heavy (non-hydrogen) atoms. The van der Waals surface area contributed by atoms with E-state index in [-0.39, 0.29) is 0 Å². The van der Waals surface area contributed by atoms with Gasteiger partial charge >= 0.3 is 0 Å². The van der Waals surface area contributed by atoms with Gasteiger partial charge in [-0.05, 0) is 32.1 Å². The zero-order valence-corrected chi connectivity index (χ0v) is 8.87. The van der Waals surface area contributed by atoms with Crippen molar-refractivity contribution in [2.24, 2.45) is 11.5 Å². The Balaban J connectivity index is 0.000000292. The first-order valence-corrected chi connectivity index (χ1v) is 4.93. The predicted molar refractivity (Wildman–Crippen MR) is 61.9 cm³/mol. The Morgan fingerprint density at radius 1 is 1.07 bits per heavy atom. The van der Waals surface area contributed by atoms with E-state index in [0.29, 0.717) is 0 Å². The molecule has 0 unspecified atom stereocenters. The van der Waals surface area contributed by atoms with Crippen molar-refractivity contribution in [1.29, 1.82) is 0 Å². The Bertz CT molecular complexity index is 197. The van der Waals surface area contributed by atoms with Crippen molar-refractivity contribution in [2.75, 3.05) is 20.1 Å². The van der Waals surface area contributed by atoms with E-state index in [1.807, 2.05) is 25.2 Å². The van der Waals surface area contributed by atoms with Crippen LogP contribution in [0, 0.1) is 0 Å². The molecular weight excluding hydrogens is 174 g/mol. The highest BCUT2D eigenvalue weighted by Gasteiger charge is 1.83. The Hall–Kier alpha value is -0.900. The minimum Gasteiger partial charge on any atom is -0.330 e. The third kappa shape index (κ3) is 7.73. The molecule has 80 valence electrons. The van der Waals surface area contributed by atoms with Gasteiger partial charge in [0.1, 0.15) is 0 Å². The molecule has 0 atom stereocenters. The van der Waals surface area contributed by atoms with Crippen molar-refractivity contribution in [2.45, 2.75) is 13.0 Å². The smallest absolute Gasteiger partial charge is 0.0202 e. The largest absolute Gasteiger partial charge is 0.330 e. The molecule has 1 aromatic carbocycles. The van der Waals surface area contributed by atoms with E-state index < -0.39 is 0 Å².